The third-order valence-corrected chi connectivity index (χ3v) is 5.51. The zero-order valence-corrected chi connectivity index (χ0v) is 15.7. The molecule has 7 nitrogen and oxygen atoms in total. The van der Waals surface area contributed by atoms with Crippen molar-refractivity contribution in [3.63, 3.8) is 0 Å². The van der Waals surface area contributed by atoms with E-state index in [1.165, 1.54) is 25.6 Å². The summed E-state index contributed by atoms with van der Waals surface area (Å²) in [5.41, 5.74) is 7.21. The summed E-state index contributed by atoms with van der Waals surface area (Å²) in [6.45, 7) is 1.58. The summed E-state index contributed by atoms with van der Waals surface area (Å²) in [7, 11) is 4.99. The van der Waals surface area contributed by atoms with Crippen LogP contribution in [0.5, 0.6) is 11.5 Å². The molecule has 0 saturated carbocycles. The third-order valence-electron chi connectivity index (χ3n) is 4.38. The number of thiophene rings is 1. The van der Waals surface area contributed by atoms with E-state index in [0.29, 0.717) is 22.1 Å². The number of hydrogen-bond acceptors (Lipinski definition) is 6. The number of benzene rings is 1. The molecule has 2 aromatic rings. The fourth-order valence-corrected chi connectivity index (χ4v) is 4.45. The number of hydrogen-bond donors (Lipinski definition) is 2. The highest BCUT2D eigenvalue weighted by atomic mass is 32.1. The number of rotatable bonds is 5. The molecule has 26 heavy (non-hydrogen) atoms. The normalized spacial score (nSPS) is 13.8. The van der Waals surface area contributed by atoms with Crippen molar-refractivity contribution in [2.24, 2.45) is 5.73 Å². The first-order chi connectivity index (χ1) is 12.5. The van der Waals surface area contributed by atoms with Gasteiger partial charge in [-0.3, -0.25) is 9.59 Å². The van der Waals surface area contributed by atoms with Crippen LogP contribution in [0.3, 0.4) is 0 Å². The summed E-state index contributed by atoms with van der Waals surface area (Å²) in [6.07, 6.45) is 0.731. The standard InChI is InChI=1S/C18H21N3O4S/c1-21-8-7-10-13(9-21)26-18(14(10)16(19)22)20-17(23)15-11(24-2)5-4-6-12(15)25-3/h4-6H,7-9H2,1-3H3,(H2,19,22)(H,20,23). The number of likely N-dealkylation sites (N-methyl/N-ethyl adjacent to an activating group) is 1. The van der Waals surface area contributed by atoms with Gasteiger partial charge in [0.25, 0.3) is 11.8 Å². The van der Waals surface area contributed by atoms with E-state index >= 15 is 0 Å². The molecule has 8 heteroatoms. The molecular formula is C18H21N3O4S. The lowest BCUT2D eigenvalue weighted by Gasteiger charge is -2.22. The number of anilines is 1. The van der Waals surface area contributed by atoms with Crippen LogP contribution in [0.2, 0.25) is 0 Å². The third kappa shape index (κ3) is 3.25. The number of nitrogens with two attached hydrogens (primary N) is 1. The molecule has 0 fully saturated rings. The van der Waals surface area contributed by atoms with Crippen molar-refractivity contribution in [2.45, 2.75) is 13.0 Å². The van der Waals surface area contributed by atoms with E-state index in [-0.39, 0.29) is 5.56 Å². The number of methoxy groups -OCH3 is 2. The summed E-state index contributed by atoms with van der Waals surface area (Å²) in [5.74, 6) is -0.157. The smallest absolute Gasteiger partial charge is 0.263 e. The predicted octanol–water partition coefficient (Wildman–Crippen LogP) is 2.10. The first-order valence-corrected chi connectivity index (χ1v) is 8.93. The van der Waals surface area contributed by atoms with Crippen LogP contribution in [0, 0.1) is 0 Å². The maximum Gasteiger partial charge on any atom is 0.263 e. The van der Waals surface area contributed by atoms with Crippen LogP contribution >= 0.6 is 11.3 Å². The lowest BCUT2D eigenvalue weighted by Crippen LogP contribution is -2.27. The monoisotopic (exact) mass is 375 g/mol. The van der Waals surface area contributed by atoms with Crippen LogP contribution in [-0.4, -0.2) is 44.5 Å². The van der Waals surface area contributed by atoms with Crippen LogP contribution in [0.25, 0.3) is 0 Å². The highest BCUT2D eigenvalue weighted by Gasteiger charge is 2.28. The Morgan fingerprint density at radius 2 is 1.85 bits per heavy atom. The maximum absolute atomic E-state index is 12.9. The second-order valence-electron chi connectivity index (χ2n) is 6.05. The van der Waals surface area contributed by atoms with Gasteiger partial charge in [0.15, 0.2) is 0 Å². The number of nitrogens with zero attached hydrogens (tertiary/aromatic N) is 1. The molecule has 138 valence electrons. The van der Waals surface area contributed by atoms with E-state index in [1.807, 2.05) is 7.05 Å². The van der Waals surface area contributed by atoms with Gasteiger partial charge in [-0.25, -0.2) is 0 Å². The number of carbonyl (C=O) groups excluding carboxylic acids is 2. The molecule has 0 radical (unpaired) electrons. The first kappa shape index (κ1) is 18.2. The topological polar surface area (TPSA) is 93.9 Å². The SMILES string of the molecule is COc1cccc(OC)c1C(=O)Nc1sc2c(c1C(N)=O)CCN(C)C2. The van der Waals surface area contributed by atoms with Crippen LogP contribution in [0.15, 0.2) is 18.2 Å². The Morgan fingerprint density at radius 1 is 1.19 bits per heavy atom. The summed E-state index contributed by atoms with van der Waals surface area (Å²) >= 11 is 1.39. The van der Waals surface area contributed by atoms with E-state index in [0.717, 1.165) is 30.0 Å². The van der Waals surface area contributed by atoms with Gasteiger partial charge in [-0.1, -0.05) is 6.07 Å². The van der Waals surface area contributed by atoms with Crippen molar-refractivity contribution in [1.82, 2.24) is 4.90 Å². The minimum Gasteiger partial charge on any atom is -0.496 e. The molecule has 0 saturated heterocycles. The van der Waals surface area contributed by atoms with Gasteiger partial charge >= 0.3 is 0 Å². The fourth-order valence-electron chi connectivity index (χ4n) is 3.12. The van der Waals surface area contributed by atoms with Gasteiger partial charge in [-0.05, 0) is 31.2 Å². The summed E-state index contributed by atoms with van der Waals surface area (Å²) in [4.78, 5) is 28.1. The number of carbonyl (C=O) groups is 2. The van der Waals surface area contributed by atoms with Gasteiger partial charge in [-0.2, -0.15) is 0 Å². The Kier molecular flexibility index (Phi) is 5.15. The van der Waals surface area contributed by atoms with Gasteiger partial charge in [0.2, 0.25) is 0 Å². The molecule has 3 N–H and O–H groups in total. The summed E-state index contributed by atoms with van der Waals surface area (Å²) in [5, 5.41) is 3.30. The van der Waals surface area contributed by atoms with Crippen molar-refractivity contribution in [1.29, 1.82) is 0 Å². The molecule has 2 amide bonds. The molecule has 0 spiro atoms. The zero-order chi connectivity index (χ0) is 18.8. The molecule has 1 aromatic carbocycles. The lowest BCUT2D eigenvalue weighted by molar-refractivity contribution is 0.1000. The second-order valence-corrected chi connectivity index (χ2v) is 7.16. The number of amides is 2. The minimum absolute atomic E-state index is 0.274. The molecule has 1 aliphatic rings. The maximum atomic E-state index is 12.9. The van der Waals surface area contributed by atoms with Crippen molar-refractivity contribution < 1.29 is 19.1 Å². The average molecular weight is 375 g/mol. The molecule has 0 bridgehead atoms. The largest absolute Gasteiger partial charge is 0.496 e. The van der Waals surface area contributed by atoms with E-state index in [9.17, 15) is 9.59 Å². The molecule has 3 rings (SSSR count). The number of nitrogens with one attached hydrogen (secondary N) is 1. The van der Waals surface area contributed by atoms with Crippen LogP contribution in [0.4, 0.5) is 5.00 Å². The summed E-state index contributed by atoms with van der Waals surface area (Å²) < 4.78 is 10.6. The fraction of sp³-hybridized carbons (Fsp3) is 0.333. The highest BCUT2D eigenvalue weighted by Crippen LogP contribution is 2.38. The lowest BCUT2D eigenvalue weighted by atomic mass is 10.0. The van der Waals surface area contributed by atoms with Crippen LogP contribution < -0.4 is 20.5 Å². The number of fused-ring (bicyclic) bond motifs is 1. The predicted molar refractivity (Wildman–Crippen MR) is 100 cm³/mol. The van der Waals surface area contributed by atoms with Crippen molar-refractivity contribution >= 4 is 28.2 Å². The van der Waals surface area contributed by atoms with E-state index < -0.39 is 11.8 Å². The number of ether oxygens (including phenoxy) is 2. The molecule has 0 unspecified atom stereocenters. The molecule has 1 aromatic heterocycles. The van der Waals surface area contributed by atoms with E-state index in [2.05, 4.69) is 10.2 Å². The minimum atomic E-state index is -0.533. The van der Waals surface area contributed by atoms with Gasteiger partial charge in [0, 0.05) is 18.0 Å². The average Bonchev–Trinajstić information content (AvgIpc) is 2.97. The van der Waals surface area contributed by atoms with Gasteiger partial charge in [0.05, 0.1) is 19.8 Å². The molecular weight excluding hydrogens is 354 g/mol. The molecule has 2 heterocycles. The number of primary amides is 1. The van der Waals surface area contributed by atoms with Gasteiger partial charge in [0.1, 0.15) is 22.1 Å². The van der Waals surface area contributed by atoms with E-state index in [4.69, 9.17) is 15.2 Å². The van der Waals surface area contributed by atoms with Crippen molar-refractivity contribution in [3.05, 3.63) is 39.8 Å². The van der Waals surface area contributed by atoms with Crippen LogP contribution in [-0.2, 0) is 13.0 Å². The van der Waals surface area contributed by atoms with Crippen molar-refractivity contribution in [2.75, 3.05) is 33.1 Å². The Bertz CT molecular complexity index is 840. The Hall–Kier alpha value is -2.58. The Labute approximate surface area is 155 Å². The molecule has 0 aliphatic carbocycles. The first-order valence-electron chi connectivity index (χ1n) is 8.11. The van der Waals surface area contributed by atoms with E-state index in [1.54, 1.807) is 18.2 Å². The zero-order valence-electron chi connectivity index (χ0n) is 14.9. The van der Waals surface area contributed by atoms with Gasteiger partial charge in [-0.15, -0.1) is 11.3 Å². The Balaban J connectivity index is 2.00. The van der Waals surface area contributed by atoms with Crippen molar-refractivity contribution in [3.8, 4) is 11.5 Å². The Morgan fingerprint density at radius 3 is 2.42 bits per heavy atom. The molecule has 0 atom stereocenters. The molecule has 1 aliphatic heterocycles. The highest BCUT2D eigenvalue weighted by molar-refractivity contribution is 7.17. The quantitative estimate of drug-likeness (QED) is 0.835. The van der Waals surface area contributed by atoms with Gasteiger partial charge < -0.3 is 25.4 Å². The summed E-state index contributed by atoms with van der Waals surface area (Å²) in [6, 6.07) is 5.10. The van der Waals surface area contributed by atoms with Crippen LogP contribution in [0.1, 0.15) is 31.2 Å². The second kappa shape index (κ2) is 7.35.